The van der Waals surface area contributed by atoms with Gasteiger partial charge in [0, 0.05) is 0 Å². The summed E-state index contributed by atoms with van der Waals surface area (Å²) < 4.78 is 6.15. The lowest BCUT2D eigenvalue weighted by molar-refractivity contribution is -0.0631. The van der Waals surface area contributed by atoms with Gasteiger partial charge >= 0.3 is 0 Å². The van der Waals surface area contributed by atoms with Crippen LogP contribution in [0.25, 0.3) is 0 Å². The van der Waals surface area contributed by atoms with Crippen LogP contribution in [-0.4, -0.2) is 11.7 Å². The van der Waals surface area contributed by atoms with Crippen LogP contribution in [0.4, 0.5) is 0 Å². The lowest BCUT2D eigenvalue weighted by atomic mass is 10.0. The largest absolute Gasteiger partial charge is 0.368 e. The average Bonchev–Trinajstić information content (AvgIpc) is 2.54. The van der Waals surface area contributed by atoms with Crippen LogP contribution in [0.5, 0.6) is 0 Å². The maximum absolute atomic E-state index is 6.15. The van der Waals surface area contributed by atoms with Gasteiger partial charge in [-0.15, -0.1) is 0 Å². The molecule has 0 bridgehead atoms. The normalized spacial score (nSPS) is 32.2. The molecule has 74 valence electrons. The van der Waals surface area contributed by atoms with Crippen LogP contribution in [0.15, 0.2) is 12.2 Å². The second kappa shape index (κ2) is 3.83. The van der Waals surface area contributed by atoms with Crippen molar-refractivity contribution in [3.63, 3.8) is 0 Å². The van der Waals surface area contributed by atoms with E-state index < -0.39 is 0 Å². The summed E-state index contributed by atoms with van der Waals surface area (Å²) in [5, 5.41) is 0. The Kier molecular flexibility index (Phi) is 2.73. The third-order valence-electron chi connectivity index (χ3n) is 3.31. The Balaban J connectivity index is 1.88. The van der Waals surface area contributed by atoms with Gasteiger partial charge in [0.05, 0.1) is 11.7 Å². The highest BCUT2D eigenvalue weighted by molar-refractivity contribution is 4.96. The standard InChI is InChI=1S/C12H20O/c1-12(9-5-6-10-12)13-11-7-3-2-4-8-11/h3,7,11H,2,4-6,8-10H2,1H3/t11-/m1/s1. The predicted molar refractivity (Wildman–Crippen MR) is 54.7 cm³/mol. The van der Waals surface area contributed by atoms with Crippen molar-refractivity contribution in [3.8, 4) is 0 Å². The second-order valence-electron chi connectivity index (χ2n) is 4.67. The Bertz CT molecular complexity index is 189. The smallest absolute Gasteiger partial charge is 0.0763 e. The zero-order valence-corrected chi connectivity index (χ0v) is 8.59. The molecule has 0 aliphatic heterocycles. The molecule has 0 spiro atoms. The highest BCUT2D eigenvalue weighted by Crippen LogP contribution is 2.35. The average molecular weight is 180 g/mol. The van der Waals surface area contributed by atoms with E-state index in [9.17, 15) is 0 Å². The molecule has 0 aromatic heterocycles. The van der Waals surface area contributed by atoms with Crippen molar-refractivity contribution in [1.29, 1.82) is 0 Å². The first kappa shape index (κ1) is 9.26. The van der Waals surface area contributed by atoms with E-state index in [1.165, 1.54) is 44.9 Å². The Labute approximate surface area is 81.2 Å². The van der Waals surface area contributed by atoms with Gasteiger partial charge in [-0.2, -0.15) is 0 Å². The molecule has 2 aliphatic rings. The van der Waals surface area contributed by atoms with Crippen molar-refractivity contribution in [3.05, 3.63) is 12.2 Å². The minimum Gasteiger partial charge on any atom is -0.368 e. The molecular weight excluding hydrogens is 160 g/mol. The Morgan fingerprint density at radius 2 is 2.00 bits per heavy atom. The zero-order valence-electron chi connectivity index (χ0n) is 8.59. The Morgan fingerprint density at radius 3 is 2.62 bits per heavy atom. The molecule has 0 aromatic carbocycles. The molecule has 1 fully saturated rings. The van der Waals surface area contributed by atoms with Crippen molar-refractivity contribution >= 4 is 0 Å². The first-order chi connectivity index (χ1) is 6.29. The van der Waals surface area contributed by atoms with Crippen LogP contribution >= 0.6 is 0 Å². The molecular formula is C12H20O. The van der Waals surface area contributed by atoms with Gasteiger partial charge in [0.2, 0.25) is 0 Å². The first-order valence-corrected chi connectivity index (χ1v) is 5.63. The summed E-state index contributed by atoms with van der Waals surface area (Å²) in [4.78, 5) is 0. The maximum atomic E-state index is 6.15. The monoisotopic (exact) mass is 180 g/mol. The van der Waals surface area contributed by atoms with E-state index in [1.54, 1.807) is 0 Å². The lowest BCUT2D eigenvalue weighted by Gasteiger charge is -2.30. The van der Waals surface area contributed by atoms with Gasteiger partial charge in [-0.3, -0.25) is 0 Å². The predicted octanol–water partition coefficient (Wildman–Crippen LogP) is 3.44. The molecule has 1 atom stereocenters. The van der Waals surface area contributed by atoms with Crippen molar-refractivity contribution in [2.75, 3.05) is 0 Å². The summed E-state index contributed by atoms with van der Waals surface area (Å²) in [6.07, 6.45) is 13.9. The summed E-state index contributed by atoms with van der Waals surface area (Å²) in [6.45, 7) is 2.28. The van der Waals surface area contributed by atoms with Gasteiger partial charge in [-0.1, -0.05) is 25.0 Å². The highest BCUT2D eigenvalue weighted by atomic mass is 16.5. The van der Waals surface area contributed by atoms with Crippen LogP contribution < -0.4 is 0 Å². The highest BCUT2D eigenvalue weighted by Gasteiger charge is 2.31. The van der Waals surface area contributed by atoms with Crippen LogP contribution in [0.3, 0.4) is 0 Å². The van der Waals surface area contributed by atoms with E-state index in [1.807, 2.05) is 0 Å². The summed E-state index contributed by atoms with van der Waals surface area (Å²) in [5.74, 6) is 0. The molecule has 2 rings (SSSR count). The number of hydrogen-bond acceptors (Lipinski definition) is 1. The van der Waals surface area contributed by atoms with E-state index in [-0.39, 0.29) is 5.60 Å². The summed E-state index contributed by atoms with van der Waals surface area (Å²) in [5.41, 5.74) is 0.201. The molecule has 0 amide bonds. The number of allylic oxidation sites excluding steroid dienone is 1. The van der Waals surface area contributed by atoms with Crippen LogP contribution in [0.1, 0.15) is 51.9 Å². The lowest BCUT2D eigenvalue weighted by Crippen LogP contribution is -2.30. The summed E-state index contributed by atoms with van der Waals surface area (Å²) in [7, 11) is 0. The molecule has 13 heavy (non-hydrogen) atoms. The van der Waals surface area contributed by atoms with Gasteiger partial charge in [-0.05, 0) is 39.0 Å². The van der Waals surface area contributed by atoms with Crippen LogP contribution in [0, 0.1) is 0 Å². The van der Waals surface area contributed by atoms with Gasteiger partial charge in [0.15, 0.2) is 0 Å². The van der Waals surface area contributed by atoms with Crippen molar-refractivity contribution in [1.82, 2.24) is 0 Å². The fourth-order valence-corrected chi connectivity index (χ4v) is 2.49. The fourth-order valence-electron chi connectivity index (χ4n) is 2.49. The van der Waals surface area contributed by atoms with E-state index in [2.05, 4.69) is 19.1 Å². The van der Waals surface area contributed by atoms with E-state index >= 15 is 0 Å². The van der Waals surface area contributed by atoms with Crippen molar-refractivity contribution in [2.45, 2.75) is 63.6 Å². The minimum absolute atomic E-state index is 0.201. The quantitative estimate of drug-likeness (QED) is 0.591. The molecule has 1 heteroatoms. The van der Waals surface area contributed by atoms with Crippen molar-refractivity contribution < 1.29 is 4.74 Å². The zero-order chi connectivity index (χ0) is 9.15. The number of rotatable bonds is 2. The third-order valence-corrected chi connectivity index (χ3v) is 3.31. The Morgan fingerprint density at radius 1 is 1.23 bits per heavy atom. The van der Waals surface area contributed by atoms with E-state index in [4.69, 9.17) is 4.74 Å². The maximum Gasteiger partial charge on any atom is 0.0763 e. The molecule has 0 aromatic rings. The van der Waals surface area contributed by atoms with Gasteiger partial charge in [0.25, 0.3) is 0 Å². The van der Waals surface area contributed by atoms with E-state index in [0.29, 0.717) is 6.10 Å². The number of hydrogen-bond donors (Lipinski definition) is 0. The van der Waals surface area contributed by atoms with Crippen molar-refractivity contribution in [2.24, 2.45) is 0 Å². The minimum atomic E-state index is 0.201. The van der Waals surface area contributed by atoms with Gasteiger partial charge in [0.1, 0.15) is 0 Å². The van der Waals surface area contributed by atoms with Crippen LogP contribution in [0.2, 0.25) is 0 Å². The molecule has 0 radical (unpaired) electrons. The Hall–Kier alpha value is -0.300. The first-order valence-electron chi connectivity index (χ1n) is 5.63. The molecule has 1 nitrogen and oxygen atoms in total. The summed E-state index contributed by atoms with van der Waals surface area (Å²) in [6, 6.07) is 0. The SMILES string of the molecule is CC1(O[C@@H]2C=CCCC2)CCCC1. The van der Waals surface area contributed by atoms with Gasteiger partial charge in [-0.25, -0.2) is 0 Å². The molecule has 1 saturated carbocycles. The molecule has 0 N–H and O–H groups in total. The van der Waals surface area contributed by atoms with Gasteiger partial charge < -0.3 is 4.74 Å². The second-order valence-corrected chi connectivity index (χ2v) is 4.67. The van der Waals surface area contributed by atoms with Crippen LogP contribution in [-0.2, 0) is 4.74 Å². The fraction of sp³-hybridized carbons (Fsp3) is 0.833. The molecule has 0 saturated heterocycles. The topological polar surface area (TPSA) is 9.23 Å². The molecule has 0 unspecified atom stereocenters. The van der Waals surface area contributed by atoms with E-state index in [0.717, 1.165) is 0 Å². The molecule has 2 aliphatic carbocycles. The molecule has 0 heterocycles. The third kappa shape index (κ3) is 2.34. The summed E-state index contributed by atoms with van der Waals surface area (Å²) >= 11 is 0. The number of ether oxygens (including phenoxy) is 1.